The van der Waals surface area contributed by atoms with Crippen LogP contribution < -0.4 is 17.2 Å². The fourth-order valence-corrected chi connectivity index (χ4v) is 17.8. The number of piperidine rings is 1. The number of esters is 1. The Morgan fingerprint density at radius 1 is 0.754 bits per heavy atom. The molecule has 0 bridgehead atoms. The van der Waals surface area contributed by atoms with Gasteiger partial charge in [-0.15, -0.1) is 5.10 Å². The number of Topliss-reactive ketones (excluding diaryl/α,β-unsaturated/α-hetero) is 2. The second kappa shape index (κ2) is 52.9. The Hall–Kier alpha value is -8.44. The number of piperazine rings is 1. The molecule has 4 aliphatic heterocycles. The first-order chi connectivity index (χ1) is 62.6. The molecule has 10 rings (SSSR count). The molecular weight excluding hydrogens is 1680 g/mol. The number of nitrogen functional groups attached to an aromatic ring is 2. The van der Waals surface area contributed by atoms with Crippen molar-refractivity contribution in [3.05, 3.63) is 107 Å². The number of hydrogen-bond acceptors (Lipinski definition) is 32. The number of amides is 2. The molecule has 5 aliphatic rings. The van der Waals surface area contributed by atoms with Gasteiger partial charge in [0.1, 0.15) is 35.6 Å². The fourth-order valence-electron chi connectivity index (χ4n) is 17.8. The average Bonchev–Trinajstić information content (AvgIpc) is 1.61. The van der Waals surface area contributed by atoms with E-state index >= 15 is 0 Å². The number of fused-ring (bicyclic) bond motifs is 3. The first kappa shape index (κ1) is 104. The maximum absolute atomic E-state index is 14.6. The number of oxazole rings is 1. The van der Waals surface area contributed by atoms with Crippen LogP contribution in [0.4, 0.5) is 11.8 Å². The van der Waals surface area contributed by atoms with E-state index in [0.717, 1.165) is 78.4 Å². The third-order valence-electron chi connectivity index (χ3n) is 25.3. The van der Waals surface area contributed by atoms with E-state index in [0.29, 0.717) is 197 Å². The van der Waals surface area contributed by atoms with Gasteiger partial charge in [-0.25, -0.2) is 4.79 Å². The number of aliphatic hydroxyl groups excluding tert-OH is 4. The monoisotopic (exact) mass is 1820 g/mol. The number of likely N-dealkylation sites (tertiary alicyclic amines) is 1. The Balaban J connectivity index is 0.551. The summed E-state index contributed by atoms with van der Waals surface area (Å²) in [4.78, 5) is 87.0. The summed E-state index contributed by atoms with van der Waals surface area (Å²) >= 11 is 0. The minimum absolute atomic E-state index is 0.0352. The lowest BCUT2D eigenvalue weighted by Gasteiger charge is -2.40. The minimum Gasteiger partial charge on any atom is -0.459 e. The van der Waals surface area contributed by atoms with Gasteiger partial charge in [0.05, 0.1) is 139 Å². The van der Waals surface area contributed by atoms with Crippen molar-refractivity contribution in [2.45, 2.75) is 230 Å². The Kier molecular flexibility index (Phi) is 42.1. The number of allylic oxidation sites excluding steroid dienone is 4. The van der Waals surface area contributed by atoms with Gasteiger partial charge in [-0.2, -0.15) is 15.2 Å². The molecule has 7 heterocycles. The van der Waals surface area contributed by atoms with Crippen LogP contribution in [0.5, 0.6) is 0 Å². The van der Waals surface area contributed by atoms with Gasteiger partial charge in [-0.1, -0.05) is 88.0 Å². The summed E-state index contributed by atoms with van der Waals surface area (Å²) in [6, 6.07) is 9.93. The van der Waals surface area contributed by atoms with E-state index in [-0.39, 0.29) is 92.2 Å². The van der Waals surface area contributed by atoms with Gasteiger partial charge in [0.15, 0.2) is 23.8 Å². The summed E-state index contributed by atoms with van der Waals surface area (Å²) in [6.07, 6.45) is 9.12. The first-order valence-corrected chi connectivity index (χ1v) is 46.4. The van der Waals surface area contributed by atoms with Crippen LogP contribution in [0.2, 0.25) is 0 Å². The van der Waals surface area contributed by atoms with Gasteiger partial charge >= 0.3 is 5.97 Å². The maximum Gasteiger partial charge on any atom is 0.329 e. The third kappa shape index (κ3) is 31.1. The number of aliphatic hydroxyl groups is 5. The molecule has 35 heteroatoms. The molecule has 130 heavy (non-hydrogen) atoms. The van der Waals surface area contributed by atoms with E-state index in [2.05, 4.69) is 54.9 Å². The number of carbonyl (C=O) groups excluding carboxylic acids is 5. The van der Waals surface area contributed by atoms with Gasteiger partial charge in [-0.05, 0) is 149 Å². The highest BCUT2D eigenvalue weighted by Gasteiger charge is 2.50. The summed E-state index contributed by atoms with van der Waals surface area (Å²) < 4.78 is 65.7. The van der Waals surface area contributed by atoms with Crippen molar-refractivity contribution in [3.8, 4) is 11.3 Å². The molecule has 0 spiro atoms. The van der Waals surface area contributed by atoms with Crippen LogP contribution in [0.3, 0.4) is 0 Å². The summed E-state index contributed by atoms with van der Waals surface area (Å²) in [7, 11) is 3.10. The van der Waals surface area contributed by atoms with Crippen molar-refractivity contribution in [2.75, 3.05) is 164 Å². The lowest BCUT2D eigenvalue weighted by molar-refractivity contribution is -0.245. The number of anilines is 2. The van der Waals surface area contributed by atoms with Crippen LogP contribution in [0.25, 0.3) is 33.3 Å². The van der Waals surface area contributed by atoms with Crippen LogP contribution in [0.1, 0.15) is 161 Å². The van der Waals surface area contributed by atoms with E-state index < -0.39 is 90.3 Å². The Morgan fingerprint density at radius 3 is 2.13 bits per heavy atom. The largest absolute Gasteiger partial charge is 0.459 e. The molecule has 2 amide bonds. The zero-order valence-electron chi connectivity index (χ0n) is 77.4. The topological polar surface area (TPSA) is 461 Å². The van der Waals surface area contributed by atoms with Gasteiger partial charge in [0.25, 0.3) is 17.7 Å². The predicted molar refractivity (Wildman–Crippen MR) is 489 cm³/mol. The smallest absolute Gasteiger partial charge is 0.329 e. The molecule has 1 aliphatic carbocycles. The number of oxime groups is 1. The zero-order valence-corrected chi connectivity index (χ0v) is 77.4. The number of aromatic nitrogens is 5. The first-order valence-electron chi connectivity index (χ1n) is 46.4. The van der Waals surface area contributed by atoms with Gasteiger partial charge in [-0.3, -0.25) is 33.7 Å². The van der Waals surface area contributed by atoms with Gasteiger partial charge in [0, 0.05) is 129 Å². The molecule has 2 aromatic carbocycles. The van der Waals surface area contributed by atoms with E-state index in [1.54, 1.807) is 51.4 Å². The number of ether oxygens (including phenoxy) is 10. The van der Waals surface area contributed by atoms with Crippen molar-refractivity contribution in [1.29, 1.82) is 0 Å². The van der Waals surface area contributed by atoms with Crippen molar-refractivity contribution in [3.63, 3.8) is 0 Å². The predicted octanol–water partition coefficient (Wildman–Crippen LogP) is 7.41. The van der Waals surface area contributed by atoms with Crippen molar-refractivity contribution < 1.29 is 106 Å². The molecule has 0 unspecified atom stereocenters. The fraction of sp³-hybridized carbons (Fsp3) is 0.663. The number of methoxy groups -OCH3 is 2. The van der Waals surface area contributed by atoms with E-state index in [9.17, 15) is 49.5 Å². The van der Waals surface area contributed by atoms with Crippen LogP contribution in [0, 0.1) is 23.7 Å². The summed E-state index contributed by atoms with van der Waals surface area (Å²) in [5.41, 5.74) is 27.2. The molecule has 14 atom stereocenters. The summed E-state index contributed by atoms with van der Waals surface area (Å²) in [5.74, 6) is -6.36. The molecule has 1 saturated carbocycles. The van der Waals surface area contributed by atoms with Crippen LogP contribution in [-0.4, -0.2) is 324 Å². The maximum atomic E-state index is 14.6. The lowest BCUT2D eigenvalue weighted by Crippen LogP contribution is -2.58. The molecule has 4 fully saturated rings. The molecule has 3 aromatic heterocycles. The molecule has 720 valence electrons. The average molecular weight is 1820 g/mol. The normalized spacial score (nSPS) is 21.9. The molecule has 5 aromatic rings. The Morgan fingerprint density at radius 2 is 1.45 bits per heavy atom. The third-order valence-corrected chi connectivity index (χ3v) is 25.3. The highest BCUT2D eigenvalue weighted by molar-refractivity contribution is 6.39. The van der Waals surface area contributed by atoms with Crippen molar-refractivity contribution >= 4 is 68.9 Å². The number of carbonyl (C=O) groups is 5. The number of rotatable bonds is 55. The van der Waals surface area contributed by atoms with Gasteiger partial charge < -0.3 is 109 Å². The second-order valence-corrected chi connectivity index (χ2v) is 35.6. The van der Waals surface area contributed by atoms with Crippen molar-refractivity contribution in [2.24, 2.45) is 34.6 Å². The second-order valence-electron chi connectivity index (χ2n) is 35.6. The van der Waals surface area contributed by atoms with Crippen molar-refractivity contribution in [1.82, 2.24) is 44.6 Å². The number of ketones is 2. The molecule has 11 N–H and O–H groups in total. The Labute approximate surface area is 763 Å². The van der Waals surface area contributed by atoms with E-state index in [1.807, 2.05) is 61.6 Å². The minimum atomic E-state index is -2.44. The number of nitrogens with two attached hydrogens (primary N) is 3. The molecule has 0 radical (unpaired) electrons. The van der Waals surface area contributed by atoms with Crippen LogP contribution in [-0.2, 0) is 95.7 Å². The van der Waals surface area contributed by atoms with E-state index in [1.165, 1.54) is 12.7 Å². The summed E-state index contributed by atoms with van der Waals surface area (Å²) in [6.45, 7) is 26.7. The highest BCUT2D eigenvalue weighted by atomic mass is 16.6. The number of hydrogen-bond donors (Lipinski definition) is 8. The van der Waals surface area contributed by atoms with Gasteiger partial charge in [0.2, 0.25) is 11.7 Å². The van der Waals surface area contributed by atoms with Crippen LogP contribution >= 0.6 is 0 Å². The quantitative estimate of drug-likeness (QED) is 0.00357. The standard InChI is InChI=1S/C95H143N13O22/c1-10-11-12-17-63(4)81(119-8)56-73-19-15-29-95(118,130-73)90(115)92(116)107-30-14-13-20-76(107)93(117)128-82(74(96)53-67-22-25-78(110)83(54-67)120-9)57-79(111)64(5)51-66(7)88(113)89(114)86(65(6)50-62(2)3)103-127-61-72(109)18-16-38-121-42-44-123-40-36-104-32-34-105(35-33-104)37-41-124-45-47-126-49-48-125-46-43-122-39-28-84(112)106-31-27-69-52-68(21-23-71(69)60-106)59-108-77-58-99-101-91(97)85(77)87(102-108)70-24-26-80-75(55-70)100-94(98)129-80/h10-12,17,21,23-24,26,51-52,55,58,62,64-65,67,73-74,76,78-79,81-83,88-89,110-111,113-114,118H,1,13-16,18-20,22,25,27-50,53-54,56-57,59-61,96H2,2-9H3,(H2,97,101)(H2,98,100)/b12-11+,63-17+,66-51+,103-86+/t64-,65-,67+,73+,74-,76+,78-,79-,81+,82+,83-,88-,89+,95-/m1/s1. The molecular formula is C95H143N13O22. The number of nitrogens with zero attached hydrogens (tertiary/aromatic N) is 10. The zero-order chi connectivity index (χ0) is 93.2. The highest BCUT2D eigenvalue weighted by Crippen LogP contribution is 2.38. The van der Waals surface area contributed by atoms with Crippen LogP contribution in [0.15, 0.2) is 100 Å². The van der Waals surface area contributed by atoms with E-state index in [4.69, 9.17) is 78.9 Å². The summed E-state index contributed by atoms with van der Waals surface area (Å²) in [5, 5.41) is 76.1. The molecule has 3 saturated heterocycles. The lowest BCUT2D eigenvalue weighted by atomic mass is 9.80. The Bertz CT molecular complexity index is 4530. The number of benzene rings is 2. The SMILES string of the molecule is C=C/C=C/C=C(\C)[C@H](C[C@@H]1CCC[C@](O)(C(=O)C(=O)N2CCCC[C@H]2C(=O)O[C@@H](C[C@@H](O)[C@H](C)/C=C(\C)[C@@H](O)[C@@H](O)/C(=N/OCC(=O)CCCOCCOCCN2CCN(CCOCCOCCOCCOCCC(=O)N3CCc4cc(Cn5nc(-c6ccc7oc(N)nc7c6)c6c(N)nncc65)ccc4C3)CC2)[C@H](C)CC(C)C)[C@H](N)C[C@@H]2CC[C@@H](O)[C@H](OC)C2)O1)OC. The molecule has 35 nitrogen and oxygen atoms in total.